The van der Waals surface area contributed by atoms with Gasteiger partial charge in [-0.1, -0.05) is 23.7 Å². The van der Waals surface area contributed by atoms with Crippen LogP contribution in [0.3, 0.4) is 0 Å². The molecule has 1 aromatic carbocycles. The van der Waals surface area contributed by atoms with Crippen LogP contribution in [0.25, 0.3) is 0 Å². The Balaban J connectivity index is 2.35. The summed E-state index contributed by atoms with van der Waals surface area (Å²) < 4.78 is 0. The highest BCUT2D eigenvalue weighted by Crippen LogP contribution is 2.25. The maximum absolute atomic E-state index is 5.97. The van der Waals surface area contributed by atoms with Gasteiger partial charge in [0.15, 0.2) is 5.11 Å². The number of benzene rings is 1. The zero-order chi connectivity index (χ0) is 11.1. The van der Waals surface area contributed by atoms with Crippen molar-refractivity contribution in [2.45, 2.75) is 4.90 Å². The lowest BCUT2D eigenvalue weighted by Crippen LogP contribution is -2.24. The van der Waals surface area contributed by atoms with E-state index in [0.717, 1.165) is 9.92 Å². The molecular formula is C9H10ClN3S2. The first kappa shape index (κ1) is 12.3. The third kappa shape index (κ3) is 5.01. The van der Waals surface area contributed by atoms with Crippen LogP contribution in [0.2, 0.25) is 5.02 Å². The van der Waals surface area contributed by atoms with Crippen LogP contribution < -0.4 is 11.2 Å². The molecule has 0 amide bonds. The number of nitrogens with two attached hydrogens (primary N) is 1. The lowest BCUT2D eigenvalue weighted by atomic mass is 10.4. The van der Waals surface area contributed by atoms with E-state index < -0.39 is 0 Å². The fraction of sp³-hybridized carbons (Fsp3) is 0.111. The van der Waals surface area contributed by atoms with Gasteiger partial charge in [0.1, 0.15) is 0 Å². The Labute approximate surface area is 103 Å². The van der Waals surface area contributed by atoms with E-state index in [1.165, 1.54) is 0 Å². The summed E-state index contributed by atoms with van der Waals surface area (Å²) in [5.41, 5.74) is 7.67. The van der Waals surface area contributed by atoms with E-state index in [-0.39, 0.29) is 5.11 Å². The third-order valence-corrected chi connectivity index (χ3v) is 2.93. The van der Waals surface area contributed by atoms with Crippen molar-refractivity contribution in [1.29, 1.82) is 0 Å². The summed E-state index contributed by atoms with van der Waals surface area (Å²) in [7, 11) is 0. The second kappa shape index (κ2) is 6.66. The molecule has 15 heavy (non-hydrogen) atoms. The highest BCUT2D eigenvalue weighted by Gasteiger charge is 1.96. The van der Waals surface area contributed by atoms with Crippen molar-refractivity contribution < 1.29 is 0 Å². The smallest absolute Gasteiger partial charge is 0.184 e. The quantitative estimate of drug-likeness (QED) is 0.377. The van der Waals surface area contributed by atoms with Crippen molar-refractivity contribution in [3.8, 4) is 0 Å². The molecule has 0 heterocycles. The molecule has 0 radical (unpaired) electrons. The first-order valence-corrected chi connectivity index (χ1v) is 5.91. The van der Waals surface area contributed by atoms with Gasteiger partial charge in [-0.2, -0.15) is 5.10 Å². The van der Waals surface area contributed by atoms with Crippen LogP contribution in [0.5, 0.6) is 0 Å². The summed E-state index contributed by atoms with van der Waals surface area (Å²) >= 11 is 12.1. The van der Waals surface area contributed by atoms with Crippen LogP contribution in [0.15, 0.2) is 34.3 Å². The largest absolute Gasteiger partial charge is 0.375 e. The average molecular weight is 260 g/mol. The summed E-state index contributed by atoms with van der Waals surface area (Å²) in [6, 6.07) is 7.66. The average Bonchev–Trinajstić information content (AvgIpc) is 2.20. The summed E-state index contributed by atoms with van der Waals surface area (Å²) in [5.74, 6) is 0.708. The molecule has 0 aliphatic carbocycles. The third-order valence-electron chi connectivity index (χ3n) is 1.42. The van der Waals surface area contributed by atoms with Crippen LogP contribution in [0.1, 0.15) is 0 Å². The van der Waals surface area contributed by atoms with Gasteiger partial charge in [-0.25, -0.2) is 0 Å². The van der Waals surface area contributed by atoms with Gasteiger partial charge in [0.2, 0.25) is 0 Å². The Hall–Kier alpha value is -0.780. The van der Waals surface area contributed by atoms with Crippen molar-refractivity contribution >= 4 is 46.9 Å². The summed E-state index contributed by atoms with van der Waals surface area (Å²) in [6.07, 6.45) is 1.69. The van der Waals surface area contributed by atoms with Crippen LogP contribution in [-0.2, 0) is 0 Å². The van der Waals surface area contributed by atoms with E-state index in [1.807, 2.05) is 24.3 Å². The van der Waals surface area contributed by atoms with E-state index in [1.54, 1.807) is 18.0 Å². The van der Waals surface area contributed by atoms with Gasteiger partial charge in [-0.05, 0) is 24.4 Å². The first-order valence-electron chi connectivity index (χ1n) is 4.14. The first-order chi connectivity index (χ1) is 7.20. The molecule has 0 spiro atoms. The van der Waals surface area contributed by atoms with Gasteiger partial charge in [-0.15, -0.1) is 11.8 Å². The van der Waals surface area contributed by atoms with Gasteiger partial charge in [0, 0.05) is 16.9 Å². The van der Waals surface area contributed by atoms with Crippen LogP contribution >= 0.6 is 35.6 Å². The van der Waals surface area contributed by atoms with Crippen LogP contribution in [0.4, 0.5) is 0 Å². The molecule has 1 aromatic rings. The molecular weight excluding hydrogens is 250 g/mol. The molecule has 0 fully saturated rings. The second-order valence-corrected chi connectivity index (χ2v) is 4.44. The normalized spacial score (nSPS) is 10.5. The number of hydrazone groups is 1. The number of thiocarbonyl (C=S) groups is 1. The predicted octanol–water partition coefficient (Wildman–Crippen LogP) is 2.25. The monoisotopic (exact) mass is 259 g/mol. The molecule has 0 bridgehead atoms. The Morgan fingerprint density at radius 3 is 3.00 bits per heavy atom. The van der Waals surface area contributed by atoms with Gasteiger partial charge in [0.05, 0.1) is 5.02 Å². The maximum Gasteiger partial charge on any atom is 0.184 e. The molecule has 80 valence electrons. The number of halogens is 1. The van der Waals surface area contributed by atoms with Gasteiger partial charge >= 0.3 is 0 Å². The standard InChI is InChI=1S/C9H10ClN3S2/c10-7-3-1-2-4-8(7)15-6-5-12-13-9(11)14/h1-5H,6H2,(H3,11,13,14)/b12-5+. The number of nitrogens with one attached hydrogen (secondary N) is 1. The topological polar surface area (TPSA) is 50.4 Å². The Morgan fingerprint density at radius 2 is 2.33 bits per heavy atom. The minimum Gasteiger partial charge on any atom is -0.375 e. The van der Waals surface area contributed by atoms with Crippen molar-refractivity contribution in [1.82, 2.24) is 5.43 Å². The van der Waals surface area contributed by atoms with Gasteiger partial charge in [0.25, 0.3) is 0 Å². The summed E-state index contributed by atoms with van der Waals surface area (Å²) in [6.45, 7) is 0. The number of thioether (sulfide) groups is 1. The molecule has 3 nitrogen and oxygen atoms in total. The zero-order valence-electron chi connectivity index (χ0n) is 7.81. The Bertz CT molecular complexity index is 368. The maximum atomic E-state index is 5.97. The molecule has 0 aliphatic rings. The van der Waals surface area contributed by atoms with E-state index >= 15 is 0 Å². The SMILES string of the molecule is NC(=S)N/N=C/CSc1ccccc1Cl. The number of hydrogen-bond acceptors (Lipinski definition) is 3. The number of hydrogen-bond donors (Lipinski definition) is 2. The fourth-order valence-corrected chi connectivity index (χ4v) is 1.90. The highest BCUT2D eigenvalue weighted by molar-refractivity contribution is 8.00. The van der Waals surface area contributed by atoms with Crippen molar-refractivity contribution in [2.24, 2.45) is 10.8 Å². The molecule has 0 aliphatic heterocycles. The van der Waals surface area contributed by atoms with E-state index in [2.05, 4.69) is 22.7 Å². The lowest BCUT2D eigenvalue weighted by molar-refractivity contribution is 1.04. The lowest BCUT2D eigenvalue weighted by Gasteiger charge is -2.00. The molecule has 0 saturated heterocycles. The summed E-state index contributed by atoms with van der Waals surface area (Å²) in [4.78, 5) is 1.03. The van der Waals surface area contributed by atoms with Gasteiger partial charge in [-0.3, -0.25) is 5.43 Å². The Morgan fingerprint density at radius 1 is 1.60 bits per heavy atom. The highest BCUT2D eigenvalue weighted by atomic mass is 35.5. The minimum atomic E-state index is 0.161. The van der Waals surface area contributed by atoms with Crippen molar-refractivity contribution in [3.05, 3.63) is 29.3 Å². The number of nitrogens with zero attached hydrogens (tertiary/aromatic N) is 1. The molecule has 3 N–H and O–H groups in total. The van der Waals surface area contributed by atoms with E-state index in [9.17, 15) is 0 Å². The molecule has 1 rings (SSSR count). The van der Waals surface area contributed by atoms with Gasteiger partial charge < -0.3 is 5.73 Å². The molecule has 0 aromatic heterocycles. The molecule has 0 atom stereocenters. The zero-order valence-corrected chi connectivity index (χ0v) is 10.2. The molecule has 0 unspecified atom stereocenters. The summed E-state index contributed by atoms with van der Waals surface area (Å²) in [5, 5.41) is 4.72. The minimum absolute atomic E-state index is 0.161. The molecule has 6 heteroatoms. The van der Waals surface area contributed by atoms with Crippen molar-refractivity contribution in [2.75, 3.05) is 5.75 Å². The fourth-order valence-electron chi connectivity index (χ4n) is 0.835. The van der Waals surface area contributed by atoms with Crippen LogP contribution in [0, 0.1) is 0 Å². The second-order valence-electron chi connectivity index (χ2n) is 2.53. The van der Waals surface area contributed by atoms with Crippen molar-refractivity contribution in [3.63, 3.8) is 0 Å². The number of rotatable bonds is 4. The van der Waals surface area contributed by atoms with Crippen LogP contribution in [-0.4, -0.2) is 17.1 Å². The molecule has 0 saturated carbocycles. The Kier molecular flexibility index (Phi) is 5.45. The predicted molar refractivity (Wildman–Crippen MR) is 70.6 cm³/mol. The van der Waals surface area contributed by atoms with E-state index in [4.69, 9.17) is 17.3 Å². The van der Waals surface area contributed by atoms with E-state index in [0.29, 0.717) is 5.75 Å².